The lowest BCUT2D eigenvalue weighted by atomic mass is 9.79. The predicted molar refractivity (Wildman–Crippen MR) is 105 cm³/mol. The zero-order valence-electron chi connectivity index (χ0n) is 16.8. The average Bonchev–Trinajstić information content (AvgIpc) is 2.69. The molecule has 0 unspecified atom stereocenters. The molecule has 0 nitrogen and oxygen atoms in total. The van der Waals surface area contributed by atoms with E-state index in [0.29, 0.717) is 29.9 Å². The second-order valence-electron chi connectivity index (χ2n) is 8.13. The monoisotopic (exact) mass is 392 g/mol. The molecule has 0 bridgehead atoms. The van der Waals surface area contributed by atoms with Gasteiger partial charge in [0.05, 0.1) is 0 Å². The topological polar surface area (TPSA) is 0 Å². The molecule has 2 aromatic rings. The maximum absolute atomic E-state index is 14.8. The van der Waals surface area contributed by atoms with E-state index in [-0.39, 0.29) is 23.0 Å². The van der Waals surface area contributed by atoms with Gasteiger partial charge in [0, 0.05) is 11.1 Å². The van der Waals surface area contributed by atoms with Crippen LogP contribution in [0.25, 0.3) is 11.1 Å². The Balaban J connectivity index is 1.98. The molecule has 1 aliphatic carbocycles. The molecule has 0 aromatic heterocycles. The molecule has 0 heterocycles. The van der Waals surface area contributed by atoms with Gasteiger partial charge in [-0.1, -0.05) is 57.9 Å². The van der Waals surface area contributed by atoms with Crippen molar-refractivity contribution in [1.82, 2.24) is 0 Å². The van der Waals surface area contributed by atoms with Crippen LogP contribution >= 0.6 is 0 Å². The van der Waals surface area contributed by atoms with Crippen molar-refractivity contribution in [2.75, 3.05) is 0 Å². The zero-order valence-corrected chi connectivity index (χ0v) is 16.8. The summed E-state index contributed by atoms with van der Waals surface area (Å²) in [6, 6.07) is 5.80. The summed E-state index contributed by atoms with van der Waals surface area (Å²) in [4.78, 5) is 0. The quantitative estimate of drug-likeness (QED) is 0.451. The van der Waals surface area contributed by atoms with Crippen molar-refractivity contribution in [1.29, 1.82) is 0 Å². The Morgan fingerprint density at radius 3 is 1.86 bits per heavy atom. The Morgan fingerprint density at radius 2 is 1.29 bits per heavy atom. The summed E-state index contributed by atoms with van der Waals surface area (Å²) in [7, 11) is 0. The Labute approximate surface area is 165 Å². The van der Waals surface area contributed by atoms with Crippen LogP contribution in [0.2, 0.25) is 0 Å². The second kappa shape index (κ2) is 8.67. The molecule has 0 aliphatic heterocycles. The molecule has 0 radical (unpaired) electrons. The van der Waals surface area contributed by atoms with Crippen LogP contribution in [0.1, 0.15) is 82.3 Å². The maximum Gasteiger partial charge on any atom is 0.167 e. The summed E-state index contributed by atoms with van der Waals surface area (Å²) < 4.78 is 59.0. The Kier molecular flexibility index (Phi) is 6.47. The van der Waals surface area contributed by atoms with E-state index >= 15 is 0 Å². The maximum atomic E-state index is 14.8. The number of benzene rings is 2. The van der Waals surface area contributed by atoms with Crippen LogP contribution in [0.4, 0.5) is 17.6 Å². The van der Waals surface area contributed by atoms with Crippen molar-refractivity contribution >= 4 is 0 Å². The van der Waals surface area contributed by atoms with Crippen LogP contribution in [-0.4, -0.2) is 0 Å². The van der Waals surface area contributed by atoms with Crippen molar-refractivity contribution in [3.8, 4) is 11.1 Å². The first-order valence-corrected chi connectivity index (χ1v) is 10.3. The normalized spacial score (nSPS) is 20.0. The molecule has 0 saturated heterocycles. The summed E-state index contributed by atoms with van der Waals surface area (Å²) in [6.45, 7) is 6.00. The fourth-order valence-corrected chi connectivity index (χ4v) is 4.48. The Bertz CT molecular complexity index is 831. The molecule has 1 saturated carbocycles. The third-order valence-corrected chi connectivity index (χ3v) is 6.40. The zero-order chi connectivity index (χ0) is 20.4. The van der Waals surface area contributed by atoms with Crippen LogP contribution < -0.4 is 0 Å². The minimum atomic E-state index is -1.11. The van der Waals surface area contributed by atoms with Gasteiger partial charge >= 0.3 is 0 Å². The van der Waals surface area contributed by atoms with E-state index in [9.17, 15) is 17.6 Å². The highest BCUT2D eigenvalue weighted by Gasteiger charge is 2.27. The van der Waals surface area contributed by atoms with Crippen LogP contribution in [0.3, 0.4) is 0 Å². The van der Waals surface area contributed by atoms with Crippen molar-refractivity contribution in [2.45, 2.75) is 71.1 Å². The molecule has 2 aromatic carbocycles. The Morgan fingerprint density at radius 1 is 0.750 bits per heavy atom. The van der Waals surface area contributed by atoms with Crippen molar-refractivity contribution < 1.29 is 17.6 Å². The van der Waals surface area contributed by atoms with E-state index < -0.39 is 23.3 Å². The third kappa shape index (κ3) is 3.83. The Hall–Kier alpha value is -1.84. The lowest BCUT2D eigenvalue weighted by molar-refractivity contribution is 0.339. The minimum absolute atomic E-state index is 0.0152. The third-order valence-electron chi connectivity index (χ3n) is 6.40. The van der Waals surface area contributed by atoms with Gasteiger partial charge in [0.25, 0.3) is 0 Å². The highest BCUT2D eigenvalue weighted by molar-refractivity contribution is 5.66. The number of halogens is 4. The molecule has 152 valence electrons. The van der Waals surface area contributed by atoms with Gasteiger partial charge < -0.3 is 0 Å². The standard InChI is InChI=1S/C24H28F4/c1-4-15(5-2)17-10-12-19(23(27)21(17)25)20-13-11-18(22(26)24(20)28)16-8-6-14(3)7-9-16/h10-16H,4-9H2,1-3H3. The van der Waals surface area contributed by atoms with Crippen molar-refractivity contribution in [3.05, 3.63) is 58.7 Å². The number of hydrogen-bond acceptors (Lipinski definition) is 0. The largest absolute Gasteiger partial charge is 0.203 e. The summed E-state index contributed by atoms with van der Waals surface area (Å²) in [5.41, 5.74) is 0.188. The summed E-state index contributed by atoms with van der Waals surface area (Å²) >= 11 is 0. The van der Waals surface area contributed by atoms with Crippen molar-refractivity contribution in [2.24, 2.45) is 5.92 Å². The molecule has 4 heteroatoms. The van der Waals surface area contributed by atoms with E-state index in [2.05, 4.69) is 6.92 Å². The van der Waals surface area contributed by atoms with E-state index in [0.717, 1.165) is 25.7 Å². The first-order valence-electron chi connectivity index (χ1n) is 10.3. The van der Waals surface area contributed by atoms with Gasteiger partial charge in [0.15, 0.2) is 23.3 Å². The minimum Gasteiger partial charge on any atom is -0.203 e. The number of hydrogen-bond donors (Lipinski definition) is 0. The molecular weight excluding hydrogens is 364 g/mol. The van der Waals surface area contributed by atoms with Gasteiger partial charge in [-0.2, -0.15) is 0 Å². The fraction of sp³-hybridized carbons (Fsp3) is 0.500. The van der Waals surface area contributed by atoms with E-state index in [4.69, 9.17) is 0 Å². The van der Waals surface area contributed by atoms with Gasteiger partial charge in [-0.15, -0.1) is 0 Å². The predicted octanol–water partition coefficient (Wildman–Crippen LogP) is 8.11. The van der Waals surface area contributed by atoms with Gasteiger partial charge in [0.2, 0.25) is 0 Å². The smallest absolute Gasteiger partial charge is 0.167 e. The molecule has 3 rings (SSSR count). The molecule has 0 spiro atoms. The summed E-state index contributed by atoms with van der Waals surface area (Å²) in [5.74, 6) is -3.60. The van der Waals surface area contributed by atoms with E-state index in [1.165, 1.54) is 18.2 Å². The van der Waals surface area contributed by atoms with Gasteiger partial charge in [-0.05, 0) is 54.6 Å². The van der Waals surface area contributed by atoms with E-state index in [1.54, 1.807) is 6.07 Å². The molecule has 28 heavy (non-hydrogen) atoms. The second-order valence-corrected chi connectivity index (χ2v) is 8.13. The average molecular weight is 392 g/mol. The summed E-state index contributed by atoms with van der Waals surface area (Å²) in [5, 5.41) is 0. The van der Waals surface area contributed by atoms with Gasteiger partial charge in [-0.3, -0.25) is 0 Å². The van der Waals surface area contributed by atoms with Crippen LogP contribution in [0.15, 0.2) is 24.3 Å². The molecule has 1 aliphatic rings. The van der Waals surface area contributed by atoms with Crippen molar-refractivity contribution in [3.63, 3.8) is 0 Å². The fourth-order valence-electron chi connectivity index (χ4n) is 4.48. The number of rotatable bonds is 5. The molecule has 0 N–H and O–H groups in total. The van der Waals surface area contributed by atoms with Crippen LogP contribution in [-0.2, 0) is 0 Å². The molecule has 1 fully saturated rings. The lowest BCUT2D eigenvalue weighted by Gasteiger charge is -2.27. The summed E-state index contributed by atoms with van der Waals surface area (Å²) in [6.07, 6.45) is 5.00. The van der Waals surface area contributed by atoms with Crippen LogP contribution in [0.5, 0.6) is 0 Å². The molecule has 0 amide bonds. The van der Waals surface area contributed by atoms with Gasteiger partial charge in [0.1, 0.15) is 0 Å². The highest BCUT2D eigenvalue weighted by atomic mass is 19.2. The van der Waals surface area contributed by atoms with E-state index in [1.807, 2.05) is 13.8 Å². The first-order chi connectivity index (χ1) is 13.4. The van der Waals surface area contributed by atoms with Gasteiger partial charge in [-0.25, -0.2) is 17.6 Å². The lowest BCUT2D eigenvalue weighted by Crippen LogP contribution is -2.13. The molecular formula is C24H28F4. The van der Waals surface area contributed by atoms with Crippen LogP contribution in [0, 0.1) is 29.2 Å². The highest BCUT2D eigenvalue weighted by Crippen LogP contribution is 2.39. The first kappa shape index (κ1) is 20.9. The molecule has 0 atom stereocenters. The SMILES string of the molecule is CCC(CC)c1ccc(-c2ccc(C3CCC(C)CC3)c(F)c2F)c(F)c1F.